The molecule has 0 spiro atoms. The van der Waals surface area contributed by atoms with Crippen LogP contribution in [0.5, 0.6) is 0 Å². The molecule has 0 bridgehead atoms. The number of piperazine rings is 1. The number of amides is 2. The zero-order valence-electron chi connectivity index (χ0n) is 15.1. The van der Waals surface area contributed by atoms with Crippen LogP contribution in [0.2, 0.25) is 0 Å². The topological polar surface area (TPSA) is 61.9 Å². The fourth-order valence-corrected chi connectivity index (χ4v) is 3.11. The van der Waals surface area contributed by atoms with Crippen molar-refractivity contribution in [1.29, 1.82) is 0 Å². The van der Waals surface area contributed by atoms with Gasteiger partial charge in [-0.2, -0.15) is 0 Å². The van der Waals surface area contributed by atoms with E-state index in [4.69, 9.17) is 4.74 Å². The third-order valence-corrected chi connectivity index (χ3v) is 4.56. The van der Waals surface area contributed by atoms with Crippen molar-refractivity contribution in [3.05, 3.63) is 59.7 Å². The Morgan fingerprint density at radius 1 is 1.00 bits per heavy atom. The predicted octanol–water partition coefficient (Wildman–Crippen LogP) is 3.14. The van der Waals surface area contributed by atoms with Gasteiger partial charge in [0, 0.05) is 37.6 Å². The Morgan fingerprint density at radius 3 is 2.42 bits per heavy atom. The van der Waals surface area contributed by atoms with Crippen molar-refractivity contribution >= 4 is 23.4 Å². The molecule has 1 aliphatic rings. The van der Waals surface area contributed by atoms with Gasteiger partial charge in [0.2, 0.25) is 0 Å². The standard InChI is InChI=1S/C20H23N3O3/c1-15-6-3-4-9-18(15)22-10-12-23(13-11-22)20(25)21-17-8-5-7-16(14-17)19(24)26-2/h3-9,14H,10-13H2,1-2H3,(H,21,25). The average molecular weight is 353 g/mol. The number of nitrogens with zero attached hydrogens (tertiary/aromatic N) is 2. The summed E-state index contributed by atoms with van der Waals surface area (Å²) in [4.78, 5) is 28.2. The van der Waals surface area contributed by atoms with E-state index in [-0.39, 0.29) is 6.03 Å². The van der Waals surface area contributed by atoms with Crippen LogP contribution in [0.25, 0.3) is 0 Å². The first kappa shape index (κ1) is 17.8. The van der Waals surface area contributed by atoms with E-state index in [1.165, 1.54) is 18.4 Å². The Kier molecular flexibility index (Phi) is 5.41. The highest BCUT2D eigenvalue weighted by atomic mass is 16.5. The first-order valence-corrected chi connectivity index (χ1v) is 8.63. The maximum Gasteiger partial charge on any atom is 0.337 e. The molecule has 136 valence electrons. The Hall–Kier alpha value is -3.02. The van der Waals surface area contributed by atoms with Crippen molar-refractivity contribution in [2.45, 2.75) is 6.92 Å². The van der Waals surface area contributed by atoms with Gasteiger partial charge in [0.05, 0.1) is 12.7 Å². The molecule has 0 aromatic heterocycles. The molecular formula is C20H23N3O3. The van der Waals surface area contributed by atoms with Crippen molar-refractivity contribution in [2.75, 3.05) is 43.5 Å². The van der Waals surface area contributed by atoms with Crippen molar-refractivity contribution in [3.63, 3.8) is 0 Å². The number of para-hydroxylation sites is 1. The Bertz CT molecular complexity index is 798. The van der Waals surface area contributed by atoms with Gasteiger partial charge in [-0.25, -0.2) is 9.59 Å². The lowest BCUT2D eigenvalue weighted by molar-refractivity contribution is 0.0600. The van der Waals surface area contributed by atoms with Crippen LogP contribution in [0.1, 0.15) is 15.9 Å². The van der Waals surface area contributed by atoms with Crippen molar-refractivity contribution in [2.24, 2.45) is 0 Å². The molecule has 1 saturated heterocycles. The second-order valence-electron chi connectivity index (χ2n) is 6.26. The van der Waals surface area contributed by atoms with Gasteiger partial charge in [-0.15, -0.1) is 0 Å². The lowest BCUT2D eigenvalue weighted by atomic mass is 10.1. The molecule has 1 fully saturated rings. The number of nitrogens with one attached hydrogen (secondary N) is 1. The highest BCUT2D eigenvalue weighted by Gasteiger charge is 2.22. The zero-order chi connectivity index (χ0) is 18.5. The molecular weight excluding hydrogens is 330 g/mol. The highest BCUT2D eigenvalue weighted by Crippen LogP contribution is 2.21. The summed E-state index contributed by atoms with van der Waals surface area (Å²) in [7, 11) is 1.33. The third kappa shape index (κ3) is 3.96. The first-order valence-electron chi connectivity index (χ1n) is 8.63. The minimum absolute atomic E-state index is 0.156. The highest BCUT2D eigenvalue weighted by molar-refractivity contribution is 5.94. The molecule has 0 radical (unpaired) electrons. The molecule has 26 heavy (non-hydrogen) atoms. The zero-order valence-corrected chi connectivity index (χ0v) is 15.1. The number of carbonyl (C=O) groups is 2. The summed E-state index contributed by atoms with van der Waals surface area (Å²) in [6.45, 7) is 4.98. The van der Waals surface area contributed by atoms with Gasteiger partial charge in [-0.05, 0) is 36.8 Å². The van der Waals surface area contributed by atoms with Gasteiger partial charge in [0.25, 0.3) is 0 Å². The van der Waals surface area contributed by atoms with Crippen LogP contribution in [0.4, 0.5) is 16.2 Å². The minimum atomic E-state index is -0.423. The molecule has 1 N–H and O–H groups in total. The summed E-state index contributed by atoms with van der Waals surface area (Å²) in [5, 5.41) is 2.86. The first-order chi connectivity index (χ1) is 12.6. The van der Waals surface area contributed by atoms with E-state index in [1.54, 1.807) is 29.2 Å². The molecule has 3 rings (SSSR count). The van der Waals surface area contributed by atoms with E-state index < -0.39 is 5.97 Å². The number of hydrogen-bond acceptors (Lipinski definition) is 4. The number of anilines is 2. The predicted molar refractivity (Wildman–Crippen MR) is 102 cm³/mol. The smallest absolute Gasteiger partial charge is 0.337 e. The molecule has 6 nitrogen and oxygen atoms in total. The number of rotatable bonds is 3. The maximum atomic E-state index is 12.5. The van der Waals surface area contributed by atoms with E-state index in [0.717, 1.165) is 13.1 Å². The van der Waals surface area contributed by atoms with E-state index in [1.807, 2.05) is 12.1 Å². The number of urea groups is 1. The molecule has 1 heterocycles. The largest absolute Gasteiger partial charge is 0.465 e. The summed E-state index contributed by atoms with van der Waals surface area (Å²) < 4.78 is 4.71. The summed E-state index contributed by atoms with van der Waals surface area (Å²) in [5.41, 5.74) is 3.46. The summed E-state index contributed by atoms with van der Waals surface area (Å²) >= 11 is 0. The molecule has 0 unspecified atom stereocenters. The van der Waals surface area contributed by atoms with E-state index in [2.05, 4.69) is 29.3 Å². The maximum absolute atomic E-state index is 12.5. The van der Waals surface area contributed by atoms with Crippen LogP contribution in [0.3, 0.4) is 0 Å². The Balaban J connectivity index is 1.59. The second kappa shape index (κ2) is 7.91. The average Bonchev–Trinajstić information content (AvgIpc) is 2.68. The lowest BCUT2D eigenvalue weighted by Crippen LogP contribution is -2.50. The molecule has 0 saturated carbocycles. The van der Waals surface area contributed by atoms with Crippen LogP contribution in [-0.4, -0.2) is 50.2 Å². The normalized spacial score (nSPS) is 14.1. The van der Waals surface area contributed by atoms with Gasteiger partial charge >= 0.3 is 12.0 Å². The molecule has 2 aromatic rings. The van der Waals surface area contributed by atoms with Crippen LogP contribution < -0.4 is 10.2 Å². The number of methoxy groups -OCH3 is 1. The Morgan fingerprint density at radius 2 is 1.73 bits per heavy atom. The van der Waals surface area contributed by atoms with E-state index in [0.29, 0.717) is 24.3 Å². The van der Waals surface area contributed by atoms with Gasteiger partial charge in [0.15, 0.2) is 0 Å². The van der Waals surface area contributed by atoms with Crippen LogP contribution in [0.15, 0.2) is 48.5 Å². The number of ether oxygens (including phenoxy) is 1. The number of aryl methyl sites for hydroxylation is 1. The monoisotopic (exact) mass is 353 g/mol. The van der Waals surface area contributed by atoms with E-state index in [9.17, 15) is 9.59 Å². The Labute approximate surface area is 153 Å². The number of carbonyl (C=O) groups excluding carboxylic acids is 2. The fraction of sp³-hybridized carbons (Fsp3) is 0.300. The third-order valence-electron chi connectivity index (χ3n) is 4.56. The molecule has 6 heteroatoms. The molecule has 1 aliphatic heterocycles. The van der Waals surface area contributed by atoms with Crippen LogP contribution in [0, 0.1) is 6.92 Å². The molecule has 0 atom stereocenters. The van der Waals surface area contributed by atoms with Crippen molar-refractivity contribution in [1.82, 2.24) is 4.90 Å². The number of benzene rings is 2. The van der Waals surface area contributed by atoms with Crippen molar-refractivity contribution < 1.29 is 14.3 Å². The van der Waals surface area contributed by atoms with Crippen LogP contribution >= 0.6 is 0 Å². The van der Waals surface area contributed by atoms with Crippen molar-refractivity contribution in [3.8, 4) is 0 Å². The van der Waals surface area contributed by atoms with E-state index >= 15 is 0 Å². The fourth-order valence-electron chi connectivity index (χ4n) is 3.11. The minimum Gasteiger partial charge on any atom is -0.465 e. The SMILES string of the molecule is COC(=O)c1cccc(NC(=O)N2CCN(c3ccccc3C)CC2)c1. The van der Waals surface area contributed by atoms with Crippen LogP contribution in [-0.2, 0) is 4.74 Å². The summed E-state index contributed by atoms with van der Waals surface area (Å²) in [6.07, 6.45) is 0. The van der Waals surface area contributed by atoms with Gasteiger partial charge in [0.1, 0.15) is 0 Å². The quantitative estimate of drug-likeness (QED) is 0.861. The molecule has 2 amide bonds. The van der Waals surface area contributed by atoms with Gasteiger partial charge in [-0.1, -0.05) is 24.3 Å². The summed E-state index contributed by atoms with van der Waals surface area (Å²) in [5.74, 6) is -0.423. The molecule has 0 aliphatic carbocycles. The summed E-state index contributed by atoms with van der Waals surface area (Å²) in [6, 6.07) is 14.9. The second-order valence-corrected chi connectivity index (χ2v) is 6.26. The number of hydrogen-bond donors (Lipinski definition) is 1. The molecule has 2 aromatic carbocycles. The van der Waals surface area contributed by atoms with Gasteiger partial charge in [-0.3, -0.25) is 0 Å². The number of esters is 1. The lowest BCUT2D eigenvalue weighted by Gasteiger charge is -2.36. The van der Waals surface area contributed by atoms with Gasteiger partial charge < -0.3 is 19.9 Å².